The van der Waals surface area contributed by atoms with Gasteiger partial charge < -0.3 is 9.05 Å². The lowest BCUT2D eigenvalue weighted by molar-refractivity contribution is -0.384. The van der Waals surface area contributed by atoms with E-state index in [1.165, 1.54) is 31.2 Å². The Hall–Kier alpha value is -1.82. The number of carbonyl (C=O) groups is 1. The summed E-state index contributed by atoms with van der Waals surface area (Å²) in [6, 6.07) is 5.70. The van der Waals surface area contributed by atoms with Crippen LogP contribution in [-0.4, -0.2) is 23.9 Å². The number of nitro groups is 1. The van der Waals surface area contributed by atoms with E-state index < -0.39 is 18.3 Å². The Bertz CT molecular complexity index is 710. The van der Waals surface area contributed by atoms with Crippen molar-refractivity contribution in [3.05, 3.63) is 45.3 Å². The minimum absolute atomic E-state index is 0.103. The molecule has 0 spiro atoms. The molecule has 0 radical (unpaired) electrons. The quantitative estimate of drug-likeness (QED) is 0.358. The van der Waals surface area contributed by atoms with E-state index in [2.05, 4.69) is 0 Å². The number of carbonyl (C=O) groups excluding carboxylic acids is 1. The van der Waals surface area contributed by atoms with E-state index >= 15 is 0 Å². The Labute approximate surface area is 134 Å². The summed E-state index contributed by atoms with van der Waals surface area (Å²) < 4.78 is 23.5. The molecule has 0 unspecified atom stereocenters. The molecule has 124 valence electrons. The highest BCUT2D eigenvalue weighted by atomic mass is 31.2. The molecule has 1 heterocycles. The summed E-state index contributed by atoms with van der Waals surface area (Å²) in [4.78, 5) is 22.2. The zero-order chi connectivity index (χ0) is 17.3. The van der Waals surface area contributed by atoms with Crippen molar-refractivity contribution >= 4 is 25.1 Å². The molecule has 0 aromatic heterocycles. The maximum absolute atomic E-state index is 12.8. The van der Waals surface area contributed by atoms with Gasteiger partial charge in [-0.2, -0.15) is 0 Å². The number of allylic oxidation sites excluding steroid dienone is 1. The van der Waals surface area contributed by atoms with Crippen LogP contribution in [0.1, 0.15) is 26.3 Å². The molecule has 2 rings (SSSR count). The van der Waals surface area contributed by atoms with Gasteiger partial charge in [-0.15, -0.1) is 0 Å². The second-order valence-electron chi connectivity index (χ2n) is 6.15. The highest BCUT2D eigenvalue weighted by molar-refractivity contribution is 7.60. The van der Waals surface area contributed by atoms with Crippen molar-refractivity contribution in [3.63, 3.8) is 0 Å². The fourth-order valence-corrected chi connectivity index (χ4v) is 4.08. The molecule has 23 heavy (non-hydrogen) atoms. The topological polar surface area (TPSA) is 95.7 Å². The first-order valence-electron chi connectivity index (χ1n) is 7.00. The Balaban J connectivity index is 2.39. The molecule has 1 saturated heterocycles. The second kappa shape index (κ2) is 6.35. The smallest absolute Gasteiger partial charge is 0.304 e. The summed E-state index contributed by atoms with van der Waals surface area (Å²) >= 11 is 0. The number of rotatable bonds is 4. The molecular formula is C15H18NO6P. The van der Waals surface area contributed by atoms with Crippen LogP contribution in [0.4, 0.5) is 5.69 Å². The molecule has 0 saturated carbocycles. The first kappa shape index (κ1) is 17.5. The van der Waals surface area contributed by atoms with Gasteiger partial charge in [0.05, 0.1) is 18.1 Å². The van der Waals surface area contributed by atoms with Gasteiger partial charge in [-0.3, -0.25) is 19.5 Å². The lowest BCUT2D eigenvalue weighted by Gasteiger charge is -2.34. The predicted molar refractivity (Wildman–Crippen MR) is 85.0 cm³/mol. The van der Waals surface area contributed by atoms with Crippen LogP contribution in [0.25, 0.3) is 6.08 Å². The lowest BCUT2D eigenvalue weighted by atomic mass is 9.97. The van der Waals surface area contributed by atoms with Gasteiger partial charge in [0.1, 0.15) is 5.31 Å². The second-order valence-corrected chi connectivity index (χ2v) is 8.14. The van der Waals surface area contributed by atoms with E-state index in [9.17, 15) is 19.5 Å². The van der Waals surface area contributed by atoms with Crippen LogP contribution in [0.15, 0.2) is 29.6 Å². The minimum atomic E-state index is -3.72. The van der Waals surface area contributed by atoms with Crippen LogP contribution in [0, 0.1) is 15.5 Å². The average molecular weight is 339 g/mol. The maximum Gasteiger partial charge on any atom is 0.364 e. The molecule has 0 atom stereocenters. The van der Waals surface area contributed by atoms with Gasteiger partial charge in [0.15, 0.2) is 5.78 Å². The number of benzene rings is 1. The van der Waals surface area contributed by atoms with Crippen molar-refractivity contribution in [2.24, 2.45) is 5.41 Å². The molecule has 1 fully saturated rings. The fourth-order valence-electron chi connectivity index (χ4n) is 2.00. The number of nitrogens with zero attached hydrogens (tertiary/aromatic N) is 1. The van der Waals surface area contributed by atoms with Crippen LogP contribution in [0.3, 0.4) is 0 Å². The van der Waals surface area contributed by atoms with E-state index in [4.69, 9.17) is 9.05 Å². The standard InChI is InChI=1S/C15H18NO6P/c1-11(17)14(23(20)21-9-15(2,3)10-22-23)8-12-5-4-6-13(7-12)16(18)19/h4-8H,9-10H2,1-3H3/b14-8-. The highest BCUT2D eigenvalue weighted by Gasteiger charge is 2.41. The van der Waals surface area contributed by atoms with E-state index in [0.717, 1.165) is 0 Å². The van der Waals surface area contributed by atoms with Gasteiger partial charge in [-0.05, 0) is 18.6 Å². The van der Waals surface area contributed by atoms with Gasteiger partial charge in [-0.1, -0.05) is 26.0 Å². The van der Waals surface area contributed by atoms with Gasteiger partial charge in [-0.25, -0.2) is 0 Å². The SMILES string of the molecule is CC(=O)/C(=C/c1cccc([N+](=O)[O-])c1)P1(=O)OCC(C)(C)CO1. The number of ketones is 1. The van der Waals surface area contributed by atoms with Crippen molar-refractivity contribution in [2.75, 3.05) is 13.2 Å². The van der Waals surface area contributed by atoms with Gasteiger partial charge in [0.2, 0.25) is 0 Å². The zero-order valence-electron chi connectivity index (χ0n) is 13.1. The molecule has 1 aromatic rings. The number of hydrogen-bond donors (Lipinski definition) is 0. The molecule has 1 aliphatic heterocycles. The van der Waals surface area contributed by atoms with Crippen molar-refractivity contribution in [1.82, 2.24) is 0 Å². The normalized spacial score (nSPS) is 20.0. The molecule has 7 nitrogen and oxygen atoms in total. The first-order chi connectivity index (χ1) is 10.6. The van der Waals surface area contributed by atoms with Crippen molar-refractivity contribution in [2.45, 2.75) is 20.8 Å². The monoisotopic (exact) mass is 339 g/mol. The minimum Gasteiger partial charge on any atom is -0.304 e. The fraction of sp³-hybridized carbons (Fsp3) is 0.400. The molecule has 0 amide bonds. The number of non-ortho nitro benzene ring substituents is 1. The van der Waals surface area contributed by atoms with Gasteiger partial charge in [0.25, 0.3) is 5.69 Å². The summed E-state index contributed by atoms with van der Waals surface area (Å²) in [6.45, 7) is 5.45. The molecule has 1 aliphatic rings. The Morgan fingerprint density at radius 2 is 1.96 bits per heavy atom. The van der Waals surface area contributed by atoms with E-state index in [0.29, 0.717) is 5.56 Å². The van der Waals surface area contributed by atoms with Crippen LogP contribution in [0.2, 0.25) is 0 Å². The molecule has 0 N–H and O–H groups in total. The summed E-state index contributed by atoms with van der Waals surface area (Å²) in [6.07, 6.45) is 1.33. The van der Waals surface area contributed by atoms with Crippen molar-refractivity contribution < 1.29 is 23.3 Å². The van der Waals surface area contributed by atoms with Crippen LogP contribution in [0.5, 0.6) is 0 Å². The van der Waals surface area contributed by atoms with Crippen LogP contribution >= 0.6 is 7.60 Å². The van der Waals surface area contributed by atoms with Gasteiger partial charge in [0, 0.05) is 17.5 Å². The van der Waals surface area contributed by atoms with E-state index in [1.54, 1.807) is 6.07 Å². The van der Waals surface area contributed by atoms with Crippen molar-refractivity contribution in [3.8, 4) is 0 Å². The summed E-state index contributed by atoms with van der Waals surface area (Å²) in [5, 5.41) is 10.7. The number of Topliss-reactive ketones (excluding diaryl/α,β-unsaturated/α-hetero) is 1. The third-order valence-corrected chi connectivity index (χ3v) is 5.26. The number of hydrogen-bond acceptors (Lipinski definition) is 6. The van der Waals surface area contributed by atoms with E-state index in [1.807, 2.05) is 13.8 Å². The third kappa shape index (κ3) is 4.13. The average Bonchev–Trinajstić information content (AvgIpc) is 2.48. The van der Waals surface area contributed by atoms with Crippen LogP contribution < -0.4 is 0 Å². The lowest BCUT2D eigenvalue weighted by Crippen LogP contribution is -2.30. The Morgan fingerprint density at radius 3 is 2.48 bits per heavy atom. The molecule has 0 bridgehead atoms. The first-order valence-corrected chi connectivity index (χ1v) is 8.54. The van der Waals surface area contributed by atoms with Crippen molar-refractivity contribution in [1.29, 1.82) is 0 Å². The molecular weight excluding hydrogens is 321 g/mol. The Morgan fingerprint density at radius 1 is 1.35 bits per heavy atom. The maximum atomic E-state index is 12.8. The predicted octanol–water partition coefficient (Wildman–Crippen LogP) is 3.79. The van der Waals surface area contributed by atoms with Gasteiger partial charge >= 0.3 is 7.60 Å². The molecule has 0 aliphatic carbocycles. The summed E-state index contributed by atoms with van der Waals surface area (Å²) in [5.74, 6) is -0.459. The van der Waals surface area contributed by atoms with Crippen LogP contribution in [-0.2, 0) is 18.4 Å². The largest absolute Gasteiger partial charge is 0.364 e. The highest BCUT2D eigenvalue weighted by Crippen LogP contribution is 2.60. The summed E-state index contributed by atoms with van der Waals surface area (Å²) in [5.41, 5.74) is -0.0235. The number of nitro benzene ring substituents is 1. The molecule has 8 heteroatoms. The zero-order valence-corrected chi connectivity index (χ0v) is 14.0. The third-order valence-electron chi connectivity index (χ3n) is 3.29. The Kier molecular flexibility index (Phi) is 4.84. The molecule has 1 aromatic carbocycles. The summed E-state index contributed by atoms with van der Waals surface area (Å²) in [7, 11) is -3.72. The van der Waals surface area contributed by atoms with E-state index in [-0.39, 0.29) is 29.6 Å².